The van der Waals surface area contributed by atoms with E-state index in [-0.39, 0.29) is 17.8 Å². The smallest absolute Gasteiger partial charge is 0.170 e. The highest BCUT2D eigenvalue weighted by Crippen LogP contribution is 2.13. The molecule has 1 aliphatic rings. The van der Waals surface area contributed by atoms with Crippen LogP contribution in [0.3, 0.4) is 0 Å². The van der Waals surface area contributed by atoms with Gasteiger partial charge in [0, 0.05) is 30.8 Å². The summed E-state index contributed by atoms with van der Waals surface area (Å²) in [4.78, 5) is 0. The number of oxime groups is 1. The molecule has 0 aliphatic carbocycles. The van der Waals surface area contributed by atoms with E-state index in [9.17, 15) is 4.39 Å². The summed E-state index contributed by atoms with van der Waals surface area (Å²) in [6.45, 7) is 1.97. The Kier molecular flexibility index (Phi) is 5.31. The van der Waals surface area contributed by atoms with Crippen molar-refractivity contribution in [2.45, 2.75) is 31.9 Å². The molecule has 4 N–H and O–H groups in total. The Bertz CT molecular complexity index is 473. The number of halogens is 1. The Hall–Kier alpha value is -1.66. The van der Waals surface area contributed by atoms with E-state index in [2.05, 4.69) is 10.5 Å². The first-order valence-corrected chi connectivity index (χ1v) is 6.79. The van der Waals surface area contributed by atoms with Gasteiger partial charge in [-0.15, -0.1) is 0 Å². The first-order valence-electron chi connectivity index (χ1n) is 6.79. The summed E-state index contributed by atoms with van der Waals surface area (Å²) >= 11 is 0. The van der Waals surface area contributed by atoms with E-state index in [0.29, 0.717) is 17.7 Å². The average molecular weight is 281 g/mol. The number of nitrogens with one attached hydrogen (secondary N) is 1. The zero-order chi connectivity index (χ0) is 14.4. The second-order valence-corrected chi connectivity index (χ2v) is 4.91. The molecular formula is C14H20FN3O2. The minimum absolute atomic E-state index is 0.0981. The second kappa shape index (κ2) is 7.21. The first kappa shape index (κ1) is 14.7. The molecule has 6 heteroatoms. The minimum atomic E-state index is -0.369. The third-order valence-electron chi connectivity index (χ3n) is 3.42. The van der Waals surface area contributed by atoms with Crippen LogP contribution in [0.1, 0.15) is 30.4 Å². The van der Waals surface area contributed by atoms with Gasteiger partial charge < -0.3 is 21.0 Å². The Balaban J connectivity index is 1.86. The molecule has 2 rings (SSSR count). The van der Waals surface area contributed by atoms with Crippen LogP contribution >= 0.6 is 0 Å². The van der Waals surface area contributed by atoms with Crippen LogP contribution in [-0.2, 0) is 11.3 Å². The Labute approximate surface area is 117 Å². The predicted molar refractivity (Wildman–Crippen MR) is 74.2 cm³/mol. The molecule has 1 aliphatic heterocycles. The van der Waals surface area contributed by atoms with Crippen molar-refractivity contribution in [1.29, 1.82) is 0 Å². The van der Waals surface area contributed by atoms with E-state index in [1.807, 2.05) is 0 Å². The highest BCUT2D eigenvalue weighted by molar-refractivity contribution is 5.97. The van der Waals surface area contributed by atoms with Crippen molar-refractivity contribution in [3.8, 4) is 0 Å². The normalized spacial score (nSPS) is 20.1. The number of nitrogens with zero attached hydrogens (tertiary/aromatic N) is 1. The average Bonchev–Trinajstić information content (AvgIpc) is 2.49. The van der Waals surface area contributed by atoms with Crippen LogP contribution in [0.15, 0.2) is 23.4 Å². The third kappa shape index (κ3) is 3.91. The van der Waals surface area contributed by atoms with Gasteiger partial charge in [-0.05, 0) is 25.3 Å². The van der Waals surface area contributed by atoms with Crippen molar-refractivity contribution in [3.63, 3.8) is 0 Å². The van der Waals surface area contributed by atoms with E-state index in [1.165, 1.54) is 12.5 Å². The molecule has 1 atom stereocenters. The quantitative estimate of drug-likeness (QED) is 0.331. The van der Waals surface area contributed by atoms with Crippen molar-refractivity contribution in [2.75, 3.05) is 13.2 Å². The summed E-state index contributed by atoms with van der Waals surface area (Å²) < 4.78 is 19.4. The number of amidine groups is 1. The molecule has 20 heavy (non-hydrogen) atoms. The Morgan fingerprint density at radius 1 is 1.50 bits per heavy atom. The molecule has 1 heterocycles. The van der Waals surface area contributed by atoms with Crippen LogP contribution in [0, 0.1) is 5.82 Å². The molecule has 1 saturated heterocycles. The van der Waals surface area contributed by atoms with Gasteiger partial charge in [-0.1, -0.05) is 17.3 Å². The molecule has 1 unspecified atom stereocenters. The molecule has 0 amide bonds. The molecule has 1 aromatic rings. The zero-order valence-corrected chi connectivity index (χ0v) is 11.3. The topological polar surface area (TPSA) is 79.9 Å². The number of benzene rings is 1. The summed E-state index contributed by atoms with van der Waals surface area (Å²) in [5, 5.41) is 14.6. The highest BCUT2D eigenvalue weighted by Gasteiger charge is 2.13. The maximum absolute atomic E-state index is 13.8. The molecule has 0 aromatic heterocycles. The standard InChI is InChI=1S/C14H20FN3O2/c15-13-7-10(14(16)18-19)4-5-11(13)8-17-9-12-3-1-2-6-20-12/h4-5,7,12,17,19H,1-3,6,8-9H2,(H2,16,18). The van der Waals surface area contributed by atoms with Crippen LogP contribution < -0.4 is 11.1 Å². The number of rotatable bonds is 5. The lowest BCUT2D eigenvalue weighted by molar-refractivity contribution is 0.0167. The van der Waals surface area contributed by atoms with Gasteiger partial charge in [0.2, 0.25) is 0 Å². The van der Waals surface area contributed by atoms with E-state index in [1.54, 1.807) is 12.1 Å². The fourth-order valence-corrected chi connectivity index (χ4v) is 2.24. The van der Waals surface area contributed by atoms with E-state index in [0.717, 1.165) is 26.0 Å². The molecule has 1 aromatic carbocycles. The molecule has 0 spiro atoms. The van der Waals surface area contributed by atoms with Crippen molar-refractivity contribution in [2.24, 2.45) is 10.9 Å². The van der Waals surface area contributed by atoms with Crippen LogP contribution in [0.25, 0.3) is 0 Å². The predicted octanol–water partition coefficient (Wildman–Crippen LogP) is 1.58. The van der Waals surface area contributed by atoms with Gasteiger partial charge >= 0.3 is 0 Å². The molecule has 0 radical (unpaired) electrons. The Morgan fingerprint density at radius 3 is 3.00 bits per heavy atom. The first-order chi connectivity index (χ1) is 9.70. The van der Waals surface area contributed by atoms with Gasteiger partial charge in [0.1, 0.15) is 5.82 Å². The number of ether oxygens (including phenoxy) is 1. The van der Waals surface area contributed by atoms with Crippen molar-refractivity contribution >= 4 is 5.84 Å². The lowest BCUT2D eigenvalue weighted by Gasteiger charge is -2.22. The SMILES string of the molecule is NC(=NO)c1ccc(CNCC2CCCCO2)c(F)c1. The van der Waals surface area contributed by atoms with Gasteiger partial charge in [-0.3, -0.25) is 0 Å². The lowest BCUT2D eigenvalue weighted by Crippen LogP contribution is -2.31. The van der Waals surface area contributed by atoms with Gasteiger partial charge in [0.25, 0.3) is 0 Å². The van der Waals surface area contributed by atoms with Crippen molar-refractivity contribution in [1.82, 2.24) is 5.32 Å². The van der Waals surface area contributed by atoms with Gasteiger partial charge in [-0.25, -0.2) is 4.39 Å². The van der Waals surface area contributed by atoms with Crippen LogP contribution in [0.5, 0.6) is 0 Å². The van der Waals surface area contributed by atoms with Crippen LogP contribution in [0.4, 0.5) is 4.39 Å². The fraction of sp³-hybridized carbons (Fsp3) is 0.500. The van der Waals surface area contributed by atoms with Gasteiger partial charge in [0.15, 0.2) is 5.84 Å². The molecule has 110 valence electrons. The number of hydrogen-bond acceptors (Lipinski definition) is 4. The summed E-state index contributed by atoms with van der Waals surface area (Å²) in [6, 6.07) is 4.53. The van der Waals surface area contributed by atoms with Gasteiger partial charge in [-0.2, -0.15) is 0 Å². The molecule has 5 nitrogen and oxygen atoms in total. The summed E-state index contributed by atoms with van der Waals surface area (Å²) in [5.41, 5.74) is 6.33. The maximum atomic E-state index is 13.8. The molecule has 0 bridgehead atoms. The largest absolute Gasteiger partial charge is 0.409 e. The van der Waals surface area contributed by atoms with Crippen molar-refractivity contribution < 1.29 is 14.3 Å². The molecule has 1 fully saturated rings. The fourth-order valence-electron chi connectivity index (χ4n) is 2.24. The highest BCUT2D eigenvalue weighted by atomic mass is 19.1. The zero-order valence-electron chi connectivity index (χ0n) is 11.3. The summed E-state index contributed by atoms with van der Waals surface area (Å²) in [5.74, 6) is -0.467. The molecule has 0 saturated carbocycles. The monoisotopic (exact) mass is 281 g/mol. The Morgan fingerprint density at radius 2 is 2.35 bits per heavy atom. The lowest BCUT2D eigenvalue weighted by atomic mass is 10.1. The number of nitrogens with two attached hydrogens (primary N) is 1. The van der Waals surface area contributed by atoms with Crippen molar-refractivity contribution in [3.05, 3.63) is 35.1 Å². The molecular weight excluding hydrogens is 261 g/mol. The van der Waals surface area contributed by atoms with Crippen LogP contribution in [-0.4, -0.2) is 30.3 Å². The minimum Gasteiger partial charge on any atom is -0.409 e. The third-order valence-corrected chi connectivity index (χ3v) is 3.42. The number of hydrogen-bond donors (Lipinski definition) is 3. The van der Waals surface area contributed by atoms with E-state index >= 15 is 0 Å². The maximum Gasteiger partial charge on any atom is 0.170 e. The van der Waals surface area contributed by atoms with Gasteiger partial charge in [0.05, 0.1) is 6.10 Å². The second-order valence-electron chi connectivity index (χ2n) is 4.91. The summed E-state index contributed by atoms with van der Waals surface area (Å²) in [6.07, 6.45) is 3.59. The van der Waals surface area contributed by atoms with E-state index < -0.39 is 0 Å². The van der Waals surface area contributed by atoms with Crippen LogP contribution in [0.2, 0.25) is 0 Å². The summed E-state index contributed by atoms with van der Waals surface area (Å²) in [7, 11) is 0. The van der Waals surface area contributed by atoms with E-state index in [4.69, 9.17) is 15.7 Å².